The maximum atomic E-state index is 13.4. The van der Waals surface area contributed by atoms with Crippen molar-refractivity contribution in [3.05, 3.63) is 53.5 Å². The van der Waals surface area contributed by atoms with E-state index in [1.54, 1.807) is 18.5 Å². The monoisotopic (exact) mass is 892 g/mol. The molecule has 5 aliphatic heterocycles. The van der Waals surface area contributed by atoms with E-state index in [0.717, 1.165) is 144 Å². The van der Waals surface area contributed by atoms with Crippen LogP contribution in [0.5, 0.6) is 0 Å². The number of piperazine rings is 2. The van der Waals surface area contributed by atoms with Crippen molar-refractivity contribution in [2.75, 3.05) is 89.3 Å². The summed E-state index contributed by atoms with van der Waals surface area (Å²) in [7, 11) is 1.39. The van der Waals surface area contributed by atoms with Gasteiger partial charge in [-0.3, -0.25) is 48.4 Å². The molecule has 0 bridgehead atoms. The molecule has 17 nitrogen and oxygen atoms in total. The van der Waals surface area contributed by atoms with Gasteiger partial charge in [0, 0.05) is 116 Å². The number of carbonyl (C=O) groups is 6. The molecule has 6 amide bonds. The molecule has 4 saturated heterocycles. The van der Waals surface area contributed by atoms with Crippen LogP contribution in [0.25, 0.3) is 5.52 Å². The van der Waals surface area contributed by atoms with Crippen LogP contribution < -0.4 is 10.2 Å². The Balaban J connectivity index is 0.643. The van der Waals surface area contributed by atoms with Crippen LogP contribution in [0, 0.1) is 5.92 Å². The number of nitrogens with zero attached hydrogens (tertiary/aromatic N) is 10. The lowest BCUT2D eigenvalue weighted by Crippen LogP contribution is -2.54. The van der Waals surface area contributed by atoms with Crippen molar-refractivity contribution in [3.63, 3.8) is 0 Å². The highest BCUT2D eigenvalue weighted by molar-refractivity contribution is 6.23. The number of likely N-dealkylation sites (tertiary alicyclic amines) is 2. The van der Waals surface area contributed by atoms with E-state index in [0.29, 0.717) is 35.0 Å². The first kappa shape index (κ1) is 44.8. The van der Waals surface area contributed by atoms with Gasteiger partial charge in [0.15, 0.2) is 5.82 Å². The number of hydrogen-bond donors (Lipinski definition) is 1. The van der Waals surface area contributed by atoms with Crippen LogP contribution in [0.2, 0.25) is 0 Å². The van der Waals surface area contributed by atoms with Gasteiger partial charge in [-0.2, -0.15) is 5.10 Å². The Kier molecular flexibility index (Phi) is 13.2. The van der Waals surface area contributed by atoms with Crippen molar-refractivity contribution >= 4 is 52.5 Å². The molecule has 6 aliphatic rings. The smallest absolute Gasteiger partial charge is 0.262 e. The number of rotatable bonds is 12. The molecule has 7 heterocycles. The van der Waals surface area contributed by atoms with Gasteiger partial charge < -0.3 is 20.0 Å². The van der Waals surface area contributed by atoms with Gasteiger partial charge in [0.05, 0.1) is 11.1 Å². The first-order valence-electron chi connectivity index (χ1n) is 24.1. The molecule has 5 fully saturated rings. The van der Waals surface area contributed by atoms with Gasteiger partial charge in [-0.25, -0.2) is 9.50 Å². The first-order valence-corrected chi connectivity index (χ1v) is 24.1. The highest BCUT2D eigenvalue weighted by Crippen LogP contribution is 2.33. The Labute approximate surface area is 381 Å². The average Bonchev–Trinajstić information content (AvgIpc) is 3.88. The predicted molar refractivity (Wildman–Crippen MR) is 244 cm³/mol. The SMILES string of the molecule is CC(C)c1ccn2ncnc(NC3CCC(N4CCN(C(=O)CCC(=O)N5CCC(CCN6CCN(c7ccc8c(c7)C(=O)N(C7CCC(=O)N(C)C7=O)C8=O)CC6)CC5)CC4)CC3)c12. The minimum atomic E-state index is -0.960. The van der Waals surface area contributed by atoms with E-state index >= 15 is 0 Å². The third kappa shape index (κ3) is 9.36. The molecule has 2 aromatic heterocycles. The number of piperidine rings is 2. The highest BCUT2D eigenvalue weighted by atomic mass is 16.2. The van der Waals surface area contributed by atoms with E-state index in [9.17, 15) is 28.8 Å². The lowest BCUT2D eigenvalue weighted by atomic mass is 9.89. The third-order valence-electron chi connectivity index (χ3n) is 15.3. The van der Waals surface area contributed by atoms with E-state index < -0.39 is 23.8 Å². The number of nitrogens with one attached hydrogen (secondary N) is 1. The summed E-state index contributed by atoms with van der Waals surface area (Å²) < 4.78 is 1.92. The number of benzene rings is 1. The molecule has 9 rings (SSSR count). The standard InChI is InChI=1S/C48H65N11O6/c1-32(2)37-17-21-58-44(37)45(49-31-50-58)51-34-4-6-35(7-5-34)54-26-28-57(29-27-54)43(62)13-12-42(61)56-19-15-33(16-20-56)14-18-53-22-24-55(25-23-53)36-8-9-38-39(30-36)47(64)59(46(38)63)40-10-11-41(60)52(3)48(40)65/h8-9,17,21,30-35,40H,4-7,10-16,18-20,22-29H2,1-3H3,(H,49,50,51). The lowest BCUT2D eigenvalue weighted by Gasteiger charge is -2.42. The van der Waals surface area contributed by atoms with Gasteiger partial charge in [-0.05, 0) is 99.6 Å². The Hall–Kier alpha value is -5.42. The molecule has 65 heavy (non-hydrogen) atoms. The number of likely N-dealkylation sites (N-methyl/N-ethyl adjacent to an activating group) is 1. The first-order chi connectivity index (χ1) is 31.4. The van der Waals surface area contributed by atoms with Crippen LogP contribution in [0.3, 0.4) is 0 Å². The number of amides is 6. The van der Waals surface area contributed by atoms with Crippen molar-refractivity contribution in [2.24, 2.45) is 5.92 Å². The van der Waals surface area contributed by atoms with E-state index in [-0.39, 0.29) is 43.4 Å². The molecule has 1 aliphatic carbocycles. The summed E-state index contributed by atoms with van der Waals surface area (Å²) in [5.41, 5.74) is 3.82. The summed E-state index contributed by atoms with van der Waals surface area (Å²) in [5, 5.41) is 8.14. The van der Waals surface area contributed by atoms with Gasteiger partial charge >= 0.3 is 0 Å². The predicted octanol–water partition coefficient (Wildman–Crippen LogP) is 3.69. The number of anilines is 2. The van der Waals surface area contributed by atoms with Crippen LogP contribution in [0.4, 0.5) is 11.5 Å². The van der Waals surface area contributed by atoms with Gasteiger partial charge in [-0.1, -0.05) is 13.8 Å². The molecule has 17 heteroatoms. The quantitative estimate of drug-likeness (QED) is 0.263. The maximum absolute atomic E-state index is 13.4. The Morgan fingerprint density at radius 3 is 2.14 bits per heavy atom. The maximum Gasteiger partial charge on any atom is 0.262 e. The van der Waals surface area contributed by atoms with Crippen molar-refractivity contribution < 1.29 is 28.8 Å². The minimum absolute atomic E-state index is 0.0916. The number of imide groups is 2. The summed E-state index contributed by atoms with van der Waals surface area (Å²) >= 11 is 0. The largest absolute Gasteiger partial charge is 0.369 e. The molecule has 1 saturated carbocycles. The molecule has 1 atom stereocenters. The van der Waals surface area contributed by atoms with E-state index in [1.165, 1.54) is 12.6 Å². The average molecular weight is 892 g/mol. The van der Waals surface area contributed by atoms with Crippen LogP contribution in [0.15, 0.2) is 36.8 Å². The molecule has 1 unspecified atom stereocenters. The fourth-order valence-electron chi connectivity index (χ4n) is 11.1. The zero-order valence-electron chi connectivity index (χ0n) is 38.3. The summed E-state index contributed by atoms with van der Waals surface area (Å²) in [6.07, 6.45) is 11.9. The fourth-order valence-corrected chi connectivity index (χ4v) is 11.1. The number of hydrogen-bond acceptors (Lipinski definition) is 12. The topological polar surface area (TPSA) is 167 Å². The molecular weight excluding hydrogens is 827 g/mol. The minimum Gasteiger partial charge on any atom is -0.369 e. The van der Waals surface area contributed by atoms with Gasteiger partial charge in [0.1, 0.15) is 17.9 Å². The van der Waals surface area contributed by atoms with Crippen molar-refractivity contribution in [1.29, 1.82) is 0 Å². The Bertz CT molecular complexity index is 2280. The van der Waals surface area contributed by atoms with Crippen molar-refractivity contribution in [3.8, 4) is 0 Å². The molecular formula is C48H65N11O6. The second-order valence-corrected chi connectivity index (χ2v) is 19.4. The third-order valence-corrected chi connectivity index (χ3v) is 15.3. The summed E-state index contributed by atoms with van der Waals surface area (Å²) in [6, 6.07) is 7.43. The van der Waals surface area contributed by atoms with Crippen LogP contribution >= 0.6 is 0 Å². The number of fused-ring (bicyclic) bond motifs is 2. The van der Waals surface area contributed by atoms with Crippen LogP contribution in [-0.4, -0.2) is 177 Å². The number of carbonyl (C=O) groups excluding carboxylic acids is 6. The summed E-state index contributed by atoms with van der Waals surface area (Å²) in [5.74, 6) is 0.278. The molecule has 0 spiro atoms. The Morgan fingerprint density at radius 2 is 1.45 bits per heavy atom. The van der Waals surface area contributed by atoms with Crippen LogP contribution in [0.1, 0.15) is 117 Å². The lowest BCUT2D eigenvalue weighted by molar-refractivity contribution is -0.149. The van der Waals surface area contributed by atoms with Crippen LogP contribution in [-0.2, 0) is 19.2 Å². The van der Waals surface area contributed by atoms with Crippen molar-refractivity contribution in [2.45, 2.75) is 109 Å². The summed E-state index contributed by atoms with van der Waals surface area (Å²) in [6.45, 7) is 13.5. The zero-order chi connectivity index (χ0) is 45.4. The number of aromatic nitrogens is 3. The Morgan fingerprint density at radius 1 is 0.769 bits per heavy atom. The van der Waals surface area contributed by atoms with Gasteiger partial charge in [-0.15, -0.1) is 0 Å². The molecule has 1 N–H and O–H groups in total. The highest BCUT2D eigenvalue weighted by Gasteiger charge is 2.46. The molecule has 0 radical (unpaired) electrons. The fraction of sp³-hybridized carbons (Fsp3) is 0.625. The van der Waals surface area contributed by atoms with Crippen molar-refractivity contribution in [1.82, 2.24) is 44.0 Å². The van der Waals surface area contributed by atoms with E-state index in [2.05, 4.69) is 50.0 Å². The van der Waals surface area contributed by atoms with E-state index in [1.807, 2.05) is 26.6 Å². The second kappa shape index (κ2) is 19.2. The van der Waals surface area contributed by atoms with Gasteiger partial charge in [0.2, 0.25) is 17.7 Å². The zero-order valence-corrected chi connectivity index (χ0v) is 38.3. The van der Waals surface area contributed by atoms with E-state index in [4.69, 9.17) is 0 Å². The molecule has 3 aromatic rings. The normalized spacial score (nSPS) is 24.2. The molecule has 348 valence electrons. The second-order valence-electron chi connectivity index (χ2n) is 19.4. The van der Waals surface area contributed by atoms with Gasteiger partial charge in [0.25, 0.3) is 17.7 Å². The summed E-state index contributed by atoms with van der Waals surface area (Å²) in [4.78, 5) is 95.8. The molecule has 1 aromatic carbocycles.